The molecule has 0 radical (unpaired) electrons. The van der Waals surface area contributed by atoms with Gasteiger partial charge < -0.3 is 38.9 Å². The average molecular weight is 507 g/mol. The number of carbonyl (C=O) groups is 2. The van der Waals surface area contributed by atoms with Gasteiger partial charge in [0.25, 0.3) is 7.82 Å². The van der Waals surface area contributed by atoms with Crippen LogP contribution in [0.3, 0.4) is 0 Å². The van der Waals surface area contributed by atoms with Crippen molar-refractivity contribution in [1.29, 1.82) is 0 Å². The summed E-state index contributed by atoms with van der Waals surface area (Å²) in [6.45, 7) is 6.42. The fraction of sp³-hybridized carbons (Fsp3) is 0.636. The topological polar surface area (TPSA) is 164 Å². The number of nitrogens with one attached hydrogen (secondary N) is 1. The second kappa shape index (κ2) is 18.3. The van der Waals surface area contributed by atoms with Crippen molar-refractivity contribution in [3.05, 3.63) is 28.8 Å². The number of aliphatic hydroxyl groups excluding tert-OH is 1. The smallest absolute Gasteiger partial charge is 0.407 e. The van der Waals surface area contributed by atoms with E-state index in [1.54, 1.807) is 12.1 Å². The van der Waals surface area contributed by atoms with Crippen LogP contribution in [-0.2, 0) is 30.0 Å². The number of esters is 1. The fourth-order valence-corrected chi connectivity index (χ4v) is 3.24. The van der Waals surface area contributed by atoms with Gasteiger partial charge in [0.15, 0.2) is 0 Å². The van der Waals surface area contributed by atoms with Gasteiger partial charge in [-0.1, -0.05) is 19.8 Å². The number of unbranched alkanes of at least 4 members (excludes halogenated alkanes) is 3. The zero-order valence-electron chi connectivity index (χ0n) is 20.3. The van der Waals surface area contributed by atoms with Crippen LogP contribution in [0.5, 0.6) is 5.75 Å². The van der Waals surface area contributed by atoms with Gasteiger partial charge in [0.05, 0.1) is 6.61 Å². The minimum absolute atomic E-state index is 0.0593. The van der Waals surface area contributed by atoms with Crippen molar-refractivity contribution in [2.45, 2.75) is 59.5 Å². The van der Waals surface area contributed by atoms with Crippen molar-refractivity contribution in [3.8, 4) is 5.75 Å². The molecule has 0 aliphatic rings. The van der Waals surface area contributed by atoms with E-state index in [4.69, 9.17) is 24.2 Å². The first-order valence-corrected chi connectivity index (χ1v) is 12.5. The second-order valence-electron chi connectivity index (χ2n) is 7.30. The summed E-state index contributed by atoms with van der Waals surface area (Å²) in [5.74, 6) is 0.0186. The maximum absolute atomic E-state index is 11.9. The predicted octanol–water partition coefficient (Wildman–Crippen LogP) is 2.51. The first-order chi connectivity index (χ1) is 16.1. The maximum Gasteiger partial charge on any atom is 0.407 e. The summed E-state index contributed by atoms with van der Waals surface area (Å²) in [6, 6.07) is 3.59. The summed E-state index contributed by atoms with van der Waals surface area (Å²) in [4.78, 5) is 42.6. The molecule has 0 fully saturated rings. The lowest BCUT2D eigenvalue weighted by molar-refractivity contribution is -0.219. The van der Waals surface area contributed by atoms with Crippen LogP contribution in [0.2, 0.25) is 0 Å². The standard InChI is InChI=1S/C21H34NO9P.CH4O/c1-4-10-28-15-19(23)31-20-16(2)12-18(13-17(20)3)14-29-21(24)22-9-7-5-6-8-11-30-32(25,26)27;1-2/h12-13H,4-11,14-15H2,1-3H3,(H,22,24)(H2,25,26,27);2H,1H3/p-1. The number of hydrogen-bond acceptors (Lipinski definition) is 9. The minimum Gasteiger partial charge on any atom is -0.756 e. The van der Waals surface area contributed by atoms with E-state index in [-0.39, 0.29) is 19.8 Å². The number of hydrogen-bond donors (Lipinski definition) is 3. The first-order valence-electron chi connectivity index (χ1n) is 11.0. The Balaban J connectivity index is 0.00000529. The summed E-state index contributed by atoms with van der Waals surface area (Å²) in [5.41, 5.74) is 2.29. The Kier molecular flexibility index (Phi) is 17.3. The number of phosphoric ester groups is 1. The molecule has 1 unspecified atom stereocenters. The van der Waals surface area contributed by atoms with Gasteiger partial charge in [-0.25, -0.2) is 9.59 Å². The van der Waals surface area contributed by atoms with Crippen molar-refractivity contribution >= 4 is 19.9 Å². The van der Waals surface area contributed by atoms with Gasteiger partial charge in [-0.3, -0.25) is 4.57 Å². The molecule has 1 rings (SSSR count). The van der Waals surface area contributed by atoms with Crippen LogP contribution in [0.25, 0.3) is 0 Å². The molecule has 1 aromatic carbocycles. The lowest BCUT2D eigenvalue weighted by atomic mass is 10.1. The van der Waals surface area contributed by atoms with Crippen molar-refractivity contribution in [1.82, 2.24) is 5.32 Å². The van der Waals surface area contributed by atoms with Crippen molar-refractivity contribution in [2.75, 3.05) is 33.5 Å². The third kappa shape index (κ3) is 15.8. The van der Waals surface area contributed by atoms with Crippen LogP contribution in [0.1, 0.15) is 55.7 Å². The van der Waals surface area contributed by atoms with E-state index in [1.165, 1.54) is 0 Å². The number of benzene rings is 1. The minimum atomic E-state index is -4.65. The Morgan fingerprint density at radius 2 is 1.68 bits per heavy atom. The lowest BCUT2D eigenvalue weighted by Gasteiger charge is -2.15. The van der Waals surface area contributed by atoms with Crippen LogP contribution in [-0.4, -0.2) is 55.5 Å². The maximum atomic E-state index is 11.9. The molecule has 0 spiro atoms. The molecule has 0 heterocycles. The molecule has 1 aromatic rings. The third-order valence-corrected chi connectivity index (χ3v) is 4.78. The first kappa shape index (κ1) is 32.0. The molecule has 11 nitrogen and oxygen atoms in total. The van der Waals surface area contributed by atoms with E-state index in [0.29, 0.717) is 38.2 Å². The van der Waals surface area contributed by atoms with E-state index in [1.807, 2.05) is 20.8 Å². The van der Waals surface area contributed by atoms with Crippen LogP contribution in [0, 0.1) is 13.8 Å². The predicted molar refractivity (Wildman–Crippen MR) is 123 cm³/mol. The van der Waals surface area contributed by atoms with E-state index >= 15 is 0 Å². The van der Waals surface area contributed by atoms with Crippen LogP contribution < -0.4 is 14.9 Å². The SMILES string of the molecule is CCCOCC(=O)Oc1c(C)cc(COC(=O)NCCCCCCOP(=O)([O-])O)cc1C.CO. The Morgan fingerprint density at radius 1 is 1.06 bits per heavy atom. The quantitative estimate of drug-likeness (QED) is 0.139. The van der Waals surface area contributed by atoms with Crippen LogP contribution in [0.15, 0.2) is 12.1 Å². The van der Waals surface area contributed by atoms with Crippen molar-refractivity contribution in [3.63, 3.8) is 0 Å². The number of amides is 1. The van der Waals surface area contributed by atoms with Crippen LogP contribution >= 0.6 is 7.82 Å². The third-order valence-electron chi connectivity index (χ3n) is 4.27. The van der Waals surface area contributed by atoms with Gasteiger partial charge >= 0.3 is 12.1 Å². The Labute approximate surface area is 201 Å². The van der Waals surface area contributed by atoms with Crippen LogP contribution in [0.4, 0.5) is 4.79 Å². The Hall–Kier alpha value is -2.01. The highest BCUT2D eigenvalue weighted by Crippen LogP contribution is 2.30. The van der Waals surface area contributed by atoms with E-state index in [9.17, 15) is 19.0 Å². The highest BCUT2D eigenvalue weighted by molar-refractivity contribution is 7.44. The zero-order valence-corrected chi connectivity index (χ0v) is 21.2. The molecule has 0 aromatic heterocycles. The molecule has 0 saturated heterocycles. The zero-order chi connectivity index (χ0) is 26.0. The fourth-order valence-electron chi connectivity index (χ4n) is 2.88. The molecule has 0 saturated carbocycles. The van der Waals surface area contributed by atoms with Gasteiger partial charge in [0, 0.05) is 20.3 Å². The Bertz CT molecular complexity index is 758. The number of ether oxygens (including phenoxy) is 3. The second-order valence-corrected chi connectivity index (χ2v) is 8.50. The summed E-state index contributed by atoms with van der Waals surface area (Å²) < 4.78 is 30.5. The average Bonchev–Trinajstić information content (AvgIpc) is 2.77. The largest absolute Gasteiger partial charge is 0.756 e. The van der Waals surface area contributed by atoms with Gasteiger partial charge in [0.1, 0.15) is 19.0 Å². The molecule has 3 N–H and O–H groups in total. The molecule has 1 amide bonds. The highest BCUT2D eigenvalue weighted by atomic mass is 31.2. The van der Waals surface area contributed by atoms with Crippen molar-refractivity contribution < 1.29 is 47.8 Å². The summed E-state index contributed by atoms with van der Waals surface area (Å²) >= 11 is 0. The monoisotopic (exact) mass is 506 g/mol. The number of aryl methyl sites for hydroxylation is 2. The Morgan fingerprint density at radius 3 is 2.26 bits per heavy atom. The molecule has 12 heteroatoms. The highest BCUT2D eigenvalue weighted by Gasteiger charge is 2.12. The molecule has 34 heavy (non-hydrogen) atoms. The van der Waals surface area contributed by atoms with Gasteiger partial charge in [0.2, 0.25) is 0 Å². The summed E-state index contributed by atoms with van der Waals surface area (Å²) in [6.07, 6.45) is 2.94. The van der Waals surface area contributed by atoms with E-state index in [0.717, 1.165) is 36.6 Å². The molecular weight excluding hydrogens is 469 g/mol. The molecule has 0 bridgehead atoms. The lowest BCUT2D eigenvalue weighted by Crippen LogP contribution is -2.25. The van der Waals surface area contributed by atoms with Gasteiger partial charge in [-0.2, -0.15) is 0 Å². The number of carbonyl (C=O) groups excluding carboxylic acids is 2. The van der Waals surface area contributed by atoms with Gasteiger partial charge in [-0.15, -0.1) is 0 Å². The normalized spacial score (nSPS) is 12.2. The van der Waals surface area contributed by atoms with Gasteiger partial charge in [-0.05, 0) is 61.9 Å². The van der Waals surface area contributed by atoms with E-state index < -0.39 is 19.9 Å². The summed E-state index contributed by atoms with van der Waals surface area (Å²) in [7, 11) is -3.65. The molecule has 0 aliphatic carbocycles. The number of rotatable bonds is 15. The number of aliphatic hydroxyl groups is 1. The molecule has 196 valence electrons. The molecular formula is C22H37NO10P-. The number of phosphoric acid groups is 1. The van der Waals surface area contributed by atoms with Crippen molar-refractivity contribution in [2.24, 2.45) is 0 Å². The molecule has 1 atom stereocenters. The molecule has 0 aliphatic heterocycles. The van der Waals surface area contributed by atoms with E-state index in [2.05, 4.69) is 9.84 Å². The number of alkyl carbamates (subject to hydrolysis) is 1. The summed E-state index contributed by atoms with van der Waals surface area (Å²) in [5, 5.41) is 9.65.